The number of hydrogen-bond acceptors (Lipinski definition) is 4. The second-order valence-corrected chi connectivity index (χ2v) is 6.23. The zero-order chi connectivity index (χ0) is 16.1. The summed E-state index contributed by atoms with van der Waals surface area (Å²) in [5, 5.41) is 15.9. The molecule has 1 aromatic rings. The van der Waals surface area contributed by atoms with Crippen LogP contribution in [0.5, 0.6) is 11.5 Å². The minimum atomic E-state index is -0.0542. The number of rotatable bonds is 6. The molecule has 1 fully saturated rings. The van der Waals surface area contributed by atoms with Gasteiger partial charge in [0.15, 0.2) is 17.5 Å². The average Bonchev–Trinajstić information content (AvgIpc) is 3.38. The van der Waals surface area contributed by atoms with Crippen molar-refractivity contribution in [1.82, 2.24) is 10.6 Å². The minimum Gasteiger partial charge on any atom is -0.486 e. The van der Waals surface area contributed by atoms with Crippen molar-refractivity contribution in [3.8, 4) is 11.5 Å². The van der Waals surface area contributed by atoms with Gasteiger partial charge in [0.2, 0.25) is 0 Å². The third-order valence-electron chi connectivity index (χ3n) is 4.27. The summed E-state index contributed by atoms with van der Waals surface area (Å²) in [4.78, 5) is 4.59. The lowest BCUT2D eigenvalue weighted by atomic mass is 10.1. The summed E-state index contributed by atoms with van der Waals surface area (Å²) in [6, 6.07) is 7.70. The van der Waals surface area contributed by atoms with E-state index in [0.717, 1.165) is 36.8 Å². The van der Waals surface area contributed by atoms with Crippen LogP contribution in [0.15, 0.2) is 29.3 Å². The second-order valence-electron chi connectivity index (χ2n) is 6.23. The van der Waals surface area contributed by atoms with E-state index in [1.807, 2.05) is 31.2 Å². The van der Waals surface area contributed by atoms with Crippen molar-refractivity contribution in [2.75, 3.05) is 32.8 Å². The van der Waals surface area contributed by atoms with E-state index in [4.69, 9.17) is 9.47 Å². The highest BCUT2D eigenvalue weighted by Gasteiger charge is 2.41. The van der Waals surface area contributed by atoms with E-state index >= 15 is 0 Å². The van der Waals surface area contributed by atoms with E-state index in [1.165, 1.54) is 0 Å². The lowest BCUT2D eigenvalue weighted by molar-refractivity contribution is 0.0936. The molecule has 0 bridgehead atoms. The number of hydrogen-bond donors (Lipinski definition) is 3. The lowest BCUT2D eigenvalue weighted by Gasteiger charge is -2.27. The molecule has 1 unspecified atom stereocenters. The highest BCUT2D eigenvalue weighted by molar-refractivity contribution is 14.0. The zero-order valence-corrected chi connectivity index (χ0v) is 16.3. The van der Waals surface area contributed by atoms with Crippen LogP contribution in [0.25, 0.3) is 0 Å². The zero-order valence-electron chi connectivity index (χ0n) is 14.0. The molecule has 1 aliphatic heterocycles. The summed E-state index contributed by atoms with van der Waals surface area (Å²) in [6.07, 6.45) is 2.06. The topological polar surface area (TPSA) is 75.1 Å². The van der Waals surface area contributed by atoms with Crippen LogP contribution >= 0.6 is 24.0 Å². The molecule has 1 atom stereocenters. The predicted octanol–water partition coefficient (Wildman–Crippen LogP) is 1.77. The van der Waals surface area contributed by atoms with Crippen LogP contribution < -0.4 is 20.1 Å². The Labute approximate surface area is 160 Å². The number of ether oxygens (including phenoxy) is 2. The van der Waals surface area contributed by atoms with E-state index in [-0.39, 0.29) is 42.1 Å². The number of aliphatic hydroxyl groups excluding tert-OH is 1. The molecule has 0 aromatic heterocycles. The number of aliphatic hydroxyl groups is 1. The van der Waals surface area contributed by atoms with Crippen molar-refractivity contribution < 1.29 is 14.6 Å². The molecule has 1 aromatic carbocycles. The molecule has 0 saturated heterocycles. The largest absolute Gasteiger partial charge is 0.486 e. The molecule has 6 nitrogen and oxygen atoms in total. The molecule has 0 amide bonds. The standard InChI is InChI=1S/C17H25N3O3.HI/c1-2-18-16(20-11-17(12-21)7-8-17)19-9-13-10-22-14-5-3-4-6-15(14)23-13;/h3-6,13,21H,2,7-12H2,1H3,(H2,18,19,20);1H. The fraction of sp³-hybridized carbons (Fsp3) is 0.588. The number of halogens is 1. The first-order valence-electron chi connectivity index (χ1n) is 8.26. The van der Waals surface area contributed by atoms with Gasteiger partial charge in [0, 0.05) is 12.0 Å². The molecule has 1 saturated carbocycles. The fourth-order valence-corrected chi connectivity index (χ4v) is 2.51. The van der Waals surface area contributed by atoms with E-state index in [9.17, 15) is 5.11 Å². The number of nitrogens with one attached hydrogen (secondary N) is 2. The van der Waals surface area contributed by atoms with Gasteiger partial charge in [0.05, 0.1) is 19.7 Å². The molecule has 134 valence electrons. The summed E-state index contributed by atoms with van der Waals surface area (Å²) in [5.41, 5.74) is 0.0196. The summed E-state index contributed by atoms with van der Waals surface area (Å²) < 4.78 is 11.6. The molecule has 7 heteroatoms. The Hall–Kier alpha value is -1.22. The Morgan fingerprint density at radius 1 is 1.29 bits per heavy atom. The van der Waals surface area contributed by atoms with Gasteiger partial charge in [-0.2, -0.15) is 0 Å². The third kappa shape index (κ3) is 4.89. The Morgan fingerprint density at radius 3 is 2.71 bits per heavy atom. The molecular formula is C17H26IN3O3. The third-order valence-corrected chi connectivity index (χ3v) is 4.27. The quantitative estimate of drug-likeness (QED) is 0.352. The highest BCUT2D eigenvalue weighted by Crippen LogP contribution is 2.45. The average molecular weight is 447 g/mol. The van der Waals surface area contributed by atoms with Crippen molar-refractivity contribution in [3.05, 3.63) is 24.3 Å². The molecular weight excluding hydrogens is 421 g/mol. The molecule has 3 N–H and O–H groups in total. The molecule has 2 aliphatic rings. The predicted molar refractivity (Wildman–Crippen MR) is 105 cm³/mol. The van der Waals surface area contributed by atoms with Crippen LogP contribution in [0.1, 0.15) is 19.8 Å². The molecule has 24 heavy (non-hydrogen) atoms. The highest BCUT2D eigenvalue weighted by atomic mass is 127. The van der Waals surface area contributed by atoms with Crippen molar-refractivity contribution >= 4 is 29.9 Å². The lowest BCUT2D eigenvalue weighted by Crippen LogP contribution is -2.45. The van der Waals surface area contributed by atoms with Gasteiger partial charge in [-0.15, -0.1) is 24.0 Å². The van der Waals surface area contributed by atoms with E-state index in [1.54, 1.807) is 0 Å². The van der Waals surface area contributed by atoms with E-state index in [0.29, 0.717) is 19.7 Å². The van der Waals surface area contributed by atoms with Gasteiger partial charge in [0.1, 0.15) is 12.7 Å². The fourth-order valence-electron chi connectivity index (χ4n) is 2.51. The maximum absolute atomic E-state index is 9.38. The van der Waals surface area contributed by atoms with Crippen LogP contribution in [0, 0.1) is 5.41 Å². The number of guanidine groups is 1. The van der Waals surface area contributed by atoms with Crippen LogP contribution in [0.3, 0.4) is 0 Å². The summed E-state index contributed by atoms with van der Waals surface area (Å²) in [6.45, 7) is 4.83. The van der Waals surface area contributed by atoms with Crippen LogP contribution in [-0.4, -0.2) is 50.0 Å². The Morgan fingerprint density at radius 2 is 2.04 bits per heavy atom. The van der Waals surface area contributed by atoms with Crippen molar-refractivity contribution in [2.24, 2.45) is 10.4 Å². The van der Waals surface area contributed by atoms with Gasteiger partial charge in [-0.1, -0.05) is 12.1 Å². The summed E-state index contributed by atoms with van der Waals surface area (Å²) >= 11 is 0. The maximum Gasteiger partial charge on any atom is 0.191 e. The van der Waals surface area contributed by atoms with Crippen molar-refractivity contribution in [3.63, 3.8) is 0 Å². The Balaban J connectivity index is 0.00000208. The van der Waals surface area contributed by atoms with Crippen LogP contribution in [-0.2, 0) is 0 Å². The van der Waals surface area contributed by atoms with Gasteiger partial charge in [-0.3, -0.25) is 4.99 Å². The first-order chi connectivity index (χ1) is 11.2. The summed E-state index contributed by atoms with van der Waals surface area (Å²) in [5.74, 6) is 2.34. The van der Waals surface area contributed by atoms with Gasteiger partial charge in [0.25, 0.3) is 0 Å². The minimum absolute atomic E-state index is 0. The monoisotopic (exact) mass is 447 g/mol. The number of nitrogens with zero attached hydrogens (tertiary/aromatic N) is 1. The molecule has 1 aliphatic carbocycles. The van der Waals surface area contributed by atoms with E-state index < -0.39 is 0 Å². The normalized spacial score (nSPS) is 20.8. The second kappa shape index (κ2) is 8.75. The Bertz CT molecular complexity index is 564. The van der Waals surface area contributed by atoms with Crippen LogP contribution in [0.2, 0.25) is 0 Å². The van der Waals surface area contributed by atoms with Gasteiger partial charge in [-0.05, 0) is 31.9 Å². The van der Waals surface area contributed by atoms with Gasteiger partial charge < -0.3 is 25.2 Å². The summed E-state index contributed by atoms with van der Waals surface area (Å²) in [7, 11) is 0. The first kappa shape index (κ1) is 19.1. The van der Waals surface area contributed by atoms with Crippen molar-refractivity contribution in [2.45, 2.75) is 25.9 Å². The Kier molecular flexibility index (Phi) is 6.97. The smallest absolute Gasteiger partial charge is 0.191 e. The maximum atomic E-state index is 9.38. The van der Waals surface area contributed by atoms with Crippen molar-refractivity contribution in [1.29, 1.82) is 0 Å². The number of fused-ring (bicyclic) bond motifs is 1. The molecule has 0 spiro atoms. The van der Waals surface area contributed by atoms with E-state index in [2.05, 4.69) is 15.6 Å². The number of aliphatic imine (C=N–C) groups is 1. The van der Waals surface area contributed by atoms with Gasteiger partial charge in [-0.25, -0.2) is 0 Å². The van der Waals surface area contributed by atoms with Gasteiger partial charge >= 0.3 is 0 Å². The molecule has 1 heterocycles. The molecule has 3 rings (SSSR count). The number of benzene rings is 1. The van der Waals surface area contributed by atoms with Crippen LogP contribution in [0.4, 0.5) is 0 Å². The first-order valence-corrected chi connectivity index (χ1v) is 8.26. The molecule has 0 radical (unpaired) electrons. The number of para-hydroxylation sites is 2. The SMILES string of the molecule is CCNC(=NCC1(CO)CC1)NCC1COc2ccccc2O1.I.